The Labute approximate surface area is 172 Å². The number of hydrogen-bond acceptors (Lipinski definition) is 4. The summed E-state index contributed by atoms with van der Waals surface area (Å²) in [6, 6.07) is 14.2. The first-order valence-corrected chi connectivity index (χ1v) is 10.5. The van der Waals surface area contributed by atoms with Gasteiger partial charge in [-0.3, -0.25) is 0 Å². The molecule has 2 aromatic carbocycles. The van der Waals surface area contributed by atoms with Crippen molar-refractivity contribution in [1.29, 1.82) is 0 Å². The van der Waals surface area contributed by atoms with Crippen molar-refractivity contribution in [2.75, 3.05) is 13.2 Å². The van der Waals surface area contributed by atoms with Crippen LogP contribution in [0.25, 0.3) is 11.0 Å². The monoisotopic (exact) mass is 394 g/mol. The second kappa shape index (κ2) is 8.56. The van der Waals surface area contributed by atoms with Crippen LogP contribution >= 0.6 is 0 Å². The molecule has 2 unspecified atom stereocenters. The fourth-order valence-electron chi connectivity index (χ4n) is 4.15. The lowest BCUT2D eigenvalue weighted by atomic mass is 9.98. The third-order valence-corrected chi connectivity index (χ3v) is 5.60. The molecule has 0 amide bonds. The molecule has 1 aliphatic heterocycles. The lowest BCUT2D eigenvalue weighted by Crippen LogP contribution is -2.25. The summed E-state index contributed by atoms with van der Waals surface area (Å²) in [5.41, 5.74) is 4.50. The van der Waals surface area contributed by atoms with Gasteiger partial charge in [-0.25, -0.2) is 4.98 Å². The highest BCUT2D eigenvalue weighted by molar-refractivity contribution is 5.76. The van der Waals surface area contributed by atoms with Crippen molar-refractivity contribution < 1.29 is 14.6 Å². The van der Waals surface area contributed by atoms with Crippen molar-refractivity contribution in [3.05, 3.63) is 59.4 Å². The van der Waals surface area contributed by atoms with E-state index in [2.05, 4.69) is 31.4 Å². The van der Waals surface area contributed by atoms with E-state index in [0.717, 1.165) is 42.1 Å². The summed E-state index contributed by atoms with van der Waals surface area (Å²) in [6.45, 7) is 7.91. The molecular weight excluding hydrogens is 364 g/mol. The molecule has 29 heavy (non-hydrogen) atoms. The van der Waals surface area contributed by atoms with E-state index in [4.69, 9.17) is 14.5 Å². The number of imidazole rings is 1. The van der Waals surface area contributed by atoms with Gasteiger partial charge in [0.1, 0.15) is 30.4 Å². The van der Waals surface area contributed by atoms with Crippen molar-refractivity contribution in [1.82, 2.24) is 9.55 Å². The molecule has 1 aliphatic rings. The Hall–Kier alpha value is -2.37. The van der Waals surface area contributed by atoms with E-state index in [-0.39, 0.29) is 12.7 Å². The van der Waals surface area contributed by atoms with Gasteiger partial charge in [0.2, 0.25) is 0 Å². The summed E-state index contributed by atoms with van der Waals surface area (Å²) in [5.74, 6) is 2.18. The molecule has 0 aliphatic carbocycles. The molecule has 1 fully saturated rings. The molecule has 154 valence electrons. The molecule has 0 radical (unpaired) electrons. The van der Waals surface area contributed by atoms with Crippen molar-refractivity contribution in [2.24, 2.45) is 0 Å². The zero-order valence-electron chi connectivity index (χ0n) is 17.5. The number of hydrogen-bond donors (Lipinski definition) is 1. The predicted octanol–water partition coefficient (Wildman–Crippen LogP) is 4.76. The molecule has 1 saturated heterocycles. The molecule has 5 heteroatoms. The van der Waals surface area contributed by atoms with Gasteiger partial charge in [0.05, 0.1) is 17.6 Å². The molecule has 0 bridgehead atoms. The topological polar surface area (TPSA) is 56.5 Å². The zero-order valence-corrected chi connectivity index (χ0v) is 17.5. The maximum absolute atomic E-state index is 10.7. The summed E-state index contributed by atoms with van der Waals surface area (Å²) >= 11 is 0. The minimum absolute atomic E-state index is 0.00162. The summed E-state index contributed by atoms with van der Waals surface area (Å²) < 4.78 is 13.9. The number of nitrogens with zero attached hydrogens (tertiary/aromatic N) is 2. The molecule has 1 N–H and O–H groups in total. The van der Waals surface area contributed by atoms with Crippen molar-refractivity contribution >= 4 is 11.0 Å². The van der Waals surface area contributed by atoms with E-state index in [0.29, 0.717) is 12.5 Å². The quantitative estimate of drug-likeness (QED) is 0.628. The van der Waals surface area contributed by atoms with Crippen LogP contribution in [0.4, 0.5) is 0 Å². The maximum Gasteiger partial charge on any atom is 0.139 e. The number of para-hydroxylation sites is 2. The summed E-state index contributed by atoms with van der Waals surface area (Å²) in [5, 5.41) is 10.7. The van der Waals surface area contributed by atoms with E-state index >= 15 is 0 Å². The van der Waals surface area contributed by atoms with E-state index in [1.54, 1.807) is 0 Å². The highest BCUT2D eigenvalue weighted by Crippen LogP contribution is 2.31. The molecule has 3 aromatic rings. The van der Waals surface area contributed by atoms with Crippen molar-refractivity contribution in [2.45, 2.75) is 58.3 Å². The van der Waals surface area contributed by atoms with Crippen LogP contribution in [0, 0.1) is 6.92 Å². The minimum atomic E-state index is -0.641. The highest BCUT2D eigenvalue weighted by atomic mass is 16.5. The first-order chi connectivity index (χ1) is 14.0. The smallest absolute Gasteiger partial charge is 0.139 e. The minimum Gasteiger partial charge on any atom is -0.491 e. The van der Waals surface area contributed by atoms with Gasteiger partial charge in [-0.15, -0.1) is 0 Å². The van der Waals surface area contributed by atoms with Crippen LogP contribution in [0.1, 0.15) is 55.7 Å². The average Bonchev–Trinajstić information content (AvgIpc) is 3.34. The molecule has 0 spiro atoms. The lowest BCUT2D eigenvalue weighted by molar-refractivity contribution is 0.0805. The number of aromatic nitrogens is 2. The van der Waals surface area contributed by atoms with Crippen LogP contribution in [0.3, 0.4) is 0 Å². The molecule has 5 nitrogen and oxygen atoms in total. The third-order valence-electron chi connectivity index (χ3n) is 5.60. The van der Waals surface area contributed by atoms with Gasteiger partial charge in [0, 0.05) is 6.61 Å². The molecule has 4 rings (SSSR count). The number of rotatable bonds is 7. The molecule has 2 atom stereocenters. The van der Waals surface area contributed by atoms with Crippen LogP contribution in [-0.4, -0.2) is 34.0 Å². The first kappa shape index (κ1) is 19.9. The Morgan fingerprint density at radius 2 is 2.07 bits per heavy atom. The Morgan fingerprint density at radius 1 is 1.24 bits per heavy atom. The Kier molecular flexibility index (Phi) is 5.88. The number of ether oxygens (including phenoxy) is 2. The van der Waals surface area contributed by atoms with Gasteiger partial charge < -0.3 is 19.1 Å². The van der Waals surface area contributed by atoms with E-state index in [9.17, 15) is 5.11 Å². The first-order valence-electron chi connectivity index (χ1n) is 10.5. The van der Waals surface area contributed by atoms with Crippen LogP contribution in [0.5, 0.6) is 5.75 Å². The Bertz CT molecular complexity index is 973. The van der Waals surface area contributed by atoms with E-state index in [1.165, 1.54) is 11.1 Å². The summed E-state index contributed by atoms with van der Waals surface area (Å²) in [6.07, 6.45) is 1.38. The lowest BCUT2D eigenvalue weighted by Gasteiger charge is -2.18. The molecule has 2 heterocycles. The standard InChI is InChI=1S/C24H30N2O3/c1-16(2)20-11-10-19(13-17(20)3)29-15-18(27)14-26-22-8-5-4-7-21(22)25-24(26)23-9-6-12-28-23/h4-5,7-8,10-11,13,16,18,23,27H,6,9,12,14-15H2,1-3H3. The maximum atomic E-state index is 10.7. The predicted molar refractivity (Wildman–Crippen MR) is 114 cm³/mol. The number of aryl methyl sites for hydroxylation is 1. The number of fused-ring (bicyclic) bond motifs is 1. The molecule has 0 saturated carbocycles. The second-order valence-corrected chi connectivity index (χ2v) is 8.21. The van der Waals surface area contributed by atoms with Gasteiger partial charge in [0.25, 0.3) is 0 Å². The van der Waals surface area contributed by atoms with E-state index < -0.39 is 6.10 Å². The van der Waals surface area contributed by atoms with Crippen LogP contribution < -0.4 is 4.74 Å². The Balaban J connectivity index is 1.48. The number of aliphatic hydroxyl groups excluding tert-OH is 1. The number of benzene rings is 2. The highest BCUT2D eigenvalue weighted by Gasteiger charge is 2.25. The van der Waals surface area contributed by atoms with Gasteiger partial charge in [-0.2, -0.15) is 0 Å². The van der Waals surface area contributed by atoms with Crippen molar-refractivity contribution in [3.8, 4) is 5.75 Å². The zero-order chi connectivity index (χ0) is 20.4. The third kappa shape index (κ3) is 4.31. The summed E-state index contributed by atoms with van der Waals surface area (Å²) in [7, 11) is 0. The van der Waals surface area contributed by atoms with Gasteiger partial charge in [0.15, 0.2) is 0 Å². The van der Waals surface area contributed by atoms with E-state index in [1.807, 2.05) is 36.4 Å². The fraction of sp³-hybridized carbons (Fsp3) is 0.458. The largest absolute Gasteiger partial charge is 0.491 e. The number of aliphatic hydroxyl groups is 1. The Morgan fingerprint density at radius 3 is 2.79 bits per heavy atom. The average molecular weight is 395 g/mol. The van der Waals surface area contributed by atoms with Gasteiger partial charge >= 0.3 is 0 Å². The van der Waals surface area contributed by atoms with Crippen molar-refractivity contribution in [3.63, 3.8) is 0 Å². The van der Waals surface area contributed by atoms with Crippen LogP contribution in [0.15, 0.2) is 42.5 Å². The summed E-state index contributed by atoms with van der Waals surface area (Å²) in [4.78, 5) is 4.79. The van der Waals surface area contributed by atoms with Crippen LogP contribution in [-0.2, 0) is 11.3 Å². The normalized spacial score (nSPS) is 17.9. The molecular formula is C24H30N2O3. The molecule has 1 aromatic heterocycles. The SMILES string of the molecule is Cc1cc(OCC(O)Cn2c(C3CCCO3)nc3ccccc32)ccc1C(C)C. The van der Waals surface area contributed by atoms with Crippen LogP contribution in [0.2, 0.25) is 0 Å². The van der Waals surface area contributed by atoms with Gasteiger partial charge in [-0.05, 0) is 61.1 Å². The fourth-order valence-corrected chi connectivity index (χ4v) is 4.15. The second-order valence-electron chi connectivity index (χ2n) is 8.21. The van der Waals surface area contributed by atoms with Gasteiger partial charge in [-0.1, -0.05) is 32.0 Å².